The fourth-order valence-electron chi connectivity index (χ4n) is 1.95. The van der Waals surface area contributed by atoms with E-state index in [0.29, 0.717) is 28.2 Å². The van der Waals surface area contributed by atoms with E-state index in [-0.39, 0.29) is 11.0 Å². The first kappa shape index (κ1) is 15.4. The van der Waals surface area contributed by atoms with Crippen LogP contribution in [0.5, 0.6) is 5.75 Å². The molecular weight excluding hydrogens is 316 g/mol. The molecule has 0 aliphatic heterocycles. The Hall–Kier alpha value is -2.54. The summed E-state index contributed by atoms with van der Waals surface area (Å²) in [5.41, 5.74) is 0.608. The van der Waals surface area contributed by atoms with Gasteiger partial charge in [0.2, 0.25) is 0 Å². The Kier molecular flexibility index (Phi) is 4.47. The van der Waals surface area contributed by atoms with Crippen molar-refractivity contribution >= 4 is 17.5 Å². The summed E-state index contributed by atoms with van der Waals surface area (Å²) >= 11 is 1.21. The molecule has 3 aromatic rings. The molecular formula is C16H14N2O4S. The van der Waals surface area contributed by atoms with E-state index in [0.717, 1.165) is 0 Å². The van der Waals surface area contributed by atoms with Crippen molar-refractivity contribution in [1.29, 1.82) is 0 Å². The van der Waals surface area contributed by atoms with Gasteiger partial charge >= 0.3 is 0 Å². The molecule has 3 rings (SSSR count). The van der Waals surface area contributed by atoms with E-state index >= 15 is 0 Å². The fraction of sp³-hybridized carbons (Fsp3) is 0.188. The van der Waals surface area contributed by atoms with Gasteiger partial charge in [0.15, 0.2) is 11.5 Å². The quantitative estimate of drug-likeness (QED) is 0.503. The molecule has 1 aromatic carbocycles. The van der Waals surface area contributed by atoms with E-state index in [2.05, 4.69) is 10.2 Å². The number of aromatic nitrogens is 2. The number of hydrogen-bond donors (Lipinski definition) is 0. The Morgan fingerprint density at radius 1 is 1.22 bits per heavy atom. The van der Waals surface area contributed by atoms with Gasteiger partial charge in [-0.25, -0.2) is 0 Å². The third kappa shape index (κ3) is 3.45. The number of furan rings is 1. The molecule has 0 amide bonds. The smallest absolute Gasteiger partial charge is 0.284 e. The predicted molar refractivity (Wildman–Crippen MR) is 84.6 cm³/mol. The van der Waals surface area contributed by atoms with E-state index in [9.17, 15) is 4.79 Å². The van der Waals surface area contributed by atoms with Crippen LogP contribution < -0.4 is 4.74 Å². The van der Waals surface area contributed by atoms with Gasteiger partial charge in [0.25, 0.3) is 11.1 Å². The Morgan fingerprint density at radius 3 is 2.65 bits per heavy atom. The maximum atomic E-state index is 12.4. The van der Waals surface area contributed by atoms with Crippen LogP contribution in [0.1, 0.15) is 17.3 Å². The molecule has 0 spiro atoms. The summed E-state index contributed by atoms with van der Waals surface area (Å²) < 4.78 is 15.8. The molecule has 0 saturated heterocycles. The SMILES string of the molecule is COc1ccc(C(=O)[C@@H](C)Sc2nnc(-c3ccco3)o2)cc1. The minimum atomic E-state index is -0.353. The number of thioether (sulfide) groups is 1. The third-order valence-corrected chi connectivity index (χ3v) is 4.09. The molecule has 0 aliphatic rings. The molecule has 0 radical (unpaired) electrons. The third-order valence-electron chi connectivity index (χ3n) is 3.16. The topological polar surface area (TPSA) is 78.4 Å². The minimum Gasteiger partial charge on any atom is -0.497 e. The van der Waals surface area contributed by atoms with Gasteiger partial charge in [-0.15, -0.1) is 10.2 Å². The summed E-state index contributed by atoms with van der Waals surface area (Å²) in [4.78, 5) is 12.4. The molecule has 7 heteroatoms. The van der Waals surface area contributed by atoms with Crippen molar-refractivity contribution < 1.29 is 18.4 Å². The highest BCUT2D eigenvalue weighted by molar-refractivity contribution is 8.00. The van der Waals surface area contributed by atoms with Crippen molar-refractivity contribution in [3.63, 3.8) is 0 Å². The molecule has 0 N–H and O–H groups in total. The van der Waals surface area contributed by atoms with Gasteiger partial charge in [-0.2, -0.15) is 0 Å². The van der Waals surface area contributed by atoms with Crippen LogP contribution in [0.15, 0.2) is 56.7 Å². The lowest BCUT2D eigenvalue weighted by Crippen LogP contribution is -2.13. The summed E-state index contributed by atoms with van der Waals surface area (Å²) in [6.07, 6.45) is 1.53. The first-order valence-electron chi connectivity index (χ1n) is 6.89. The van der Waals surface area contributed by atoms with Crippen LogP contribution in [0.3, 0.4) is 0 Å². The Morgan fingerprint density at radius 2 is 2.00 bits per heavy atom. The fourth-order valence-corrected chi connectivity index (χ4v) is 2.71. The Bertz CT molecular complexity index is 781. The van der Waals surface area contributed by atoms with E-state index in [1.165, 1.54) is 18.0 Å². The van der Waals surface area contributed by atoms with Gasteiger partial charge in [-0.1, -0.05) is 11.8 Å². The Balaban J connectivity index is 1.68. The molecule has 118 valence electrons. The summed E-state index contributed by atoms with van der Waals surface area (Å²) in [6.45, 7) is 1.80. The predicted octanol–water partition coefficient (Wildman–Crippen LogP) is 3.70. The van der Waals surface area contributed by atoms with Crippen molar-refractivity contribution in [3.05, 3.63) is 48.2 Å². The average molecular weight is 330 g/mol. The van der Waals surface area contributed by atoms with Gasteiger partial charge in [-0.3, -0.25) is 4.79 Å². The number of rotatable bonds is 6. The number of carbonyl (C=O) groups is 1. The molecule has 0 unspecified atom stereocenters. The highest BCUT2D eigenvalue weighted by Gasteiger charge is 2.20. The minimum absolute atomic E-state index is 0.0181. The van der Waals surface area contributed by atoms with Crippen molar-refractivity contribution in [2.24, 2.45) is 0 Å². The van der Waals surface area contributed by atoms with Crippen LogP contribution in [-0.4, -0.2) is 28.3 Å². The molecule has 1 atom stereocenters. The van der Waals surface area contributed by atoms with Crippen LogP contribution in [0.4, 0.5) is 0 Å². The summed E-state index contributed by atoms with van der Waals surface area (Å²) in [5, 5.41) is 7.81. The lowest BCUT2D eigenvalue weighted by molar-refractivity contribution is 0.0993. The van der Waals surface area contributed by atoms with Crippen molar-refractivity contribution in [2.75, 3.05) is 7.11 Å². The molecule has 2 aromatic heterocycles. The van der Waals surface area contributed by atoms with E-state index in [1.54, 1.807) is 50.4 Å². The second-order valence-electron chi connectivity index (χ2n) is 4.70. The summed E-state index contributed by atoms with van der Waals surface area (Å²) in [5.74, 6) is 1.48. The maximum absolute atomic E-state index is 12.4. The zero-order chi connectivity index (χ0) is 16.2. The number of ketones is 1. The van der Waals surface area contributed by atoms with Crippen LogP contribution in [0, 0.1) is 0 Å². The van der Waals surface area contributed by atoms with E-state index in [4.69, 9.17) is 13.6 Å². The number of methoxy groups -OCH3 is 1. The number of hydrogen-bond acceptors (Lipinski definition) is 7. The second-order valence-corrected chi connectivity index (χ2v) is 6.00. The molecule has 2 heterocycles. The molecule has 6 nitrogen and oxygen atoms in total. The highest BCUT2D eigenvalue weighted by atomic mass is 32.2. The normalized spacial score (nSPS) is 12.1. The zero-order valence-electron chi connectivity index (χ0n) is 12.6. The molecule has 23 heavy (non-hydrogen) atoms. The van der Waals surface area contributed by atoms with Gasteiger partial charge in [0, 0.05) is 5.56 Å². The van der Waals surface area contributed by atoms with Gasteiger partial charge in [-0.05, 0) is 43.3 Å². The number of nitrogens with zero attached hydrogens (tertiary/aromatic N) is 2. The van der Waals surface area contributed by atoms with Gasteiger partial charge in [0.1, 0.15) is 5.75 Å². The van der Waals surface area contributed by atoms with Crippen molar-refractivity contribution in [1.82, 2.24) is 10.2 Å². The molecule has 0 bridgehead atoms. The van der Waals surface area contributed by atoms with Gasteiger partial charge < -0.3 is 13.6 Å². The van der Waals surface area contributed by atoms with E-state index in [1.807, 2.05) is 0 Å². The van der Waals surface area contributed by atoms with Gasteiger partial charge in [0.05, 0.1) is 18.6 Å². The second kappa shape index (κ2) is 6.70. The van der Waals surface area contributed by atoms with Crippen molar-refractivity contribution in [3.8, 4) is 17.4 Å². The lowest BCUT2D eigenvalue weighted by atomic mass is 10.1. The number of ether oxygens (including phenoxy) is 1. The Labute approximate surface area is 136 Å². The molecule has 0 saturated carbocycles. The zero-order valence-corrected chi connectivity index (χ0v) is 13.4. The standard InChI is InChI=1S/C16H14N2O4S/c1-10(14(19)11-5-7-12(20-2)8-6-11)23-16-18-17-15(22-16)13-4-3-9-21-13/h3-10H,1-2H3/t10-/m1/s1. The molecule has 0 fully saturated rings. The van der Waals surface area contributed by atoms with Crippen LogP contribution in [-0.2, 0) is 0 Å². The number of carbonyl (C=O) groups excluding carboxylic acids is 1. The maximum Gasteiger partial charge on any atom is 0.284 e. The monoisotopic (exact) mass is 330 g/mol. The van der Waals surface area contributed by atoms with Crippen molar-refractivity contribution in [2.45, 2.75) is 17.4 Å². The van der Waals surface area contributed by atoms with Crippen LogP contribution >= 0.6 is 11.8 Å². The average Bonchev–Trinajstić information content (AvgIpc) is 3.25. The lowest BCUT2D eigenvalue weighted by Gasteiger charge is -2.08. The first-order chi connectivity index (χ1) is 11.2. The summed E-state index contributed by atoms with van der Waals surface area (Å²) in [7, 11) is 1.58. The van der Waals surface area contributed by atoms with Crippen LogP contribution in [0.2, 0.25) is 0 Å². The first-order valence-corrected chi connectivity index (χ1v) is 7.77. The number of Topliss-reactive ketones (excluding diaryl/α,β-unsaturated/α-hetero) is 1. The van der Waals surface area contributed by atoms with Crippen LogP contribution in [0.25, 0.3) is 11.7 Å². The highest BCUT2D eigenvalue weighted by Crippen LogP contribution is 2.28. The largest absolute Gasteiger partial charge is 0.497 e. The number of benzene rings is 1. The molecule has 0 aliphatic carbocycles. The van der Waals surface area contributed by atoms with E-state index < -0.39 is 0 Å². The summed E-state index contributed by atoms with van der Waals surface area (Å²) in [6, 6.07) is 10.5.